The fourth-order valence-corrected chi connectivity index (χ4v) is 3.11. The van der Waals surface area contributed by atoms with Crippen molar-refractivity contribution in [2.75, 3.05) is 13.1 Å². The summed E-state index contributed by atoms with van der Waals surface area (Å²) in [5.41, 5.74) is 2.25. The van der Waals surface area contributed by atoms with Gasteiger partial charge in [0.25, 0.3) is 5.91 Å². The number of nitrogens with zero attached hydrogens (tertiary/aromatic N) is 2. The maximum atomic E-state index is 12.8. The molecule has 3 aromatic rings. The van der Waals surface area contributed by atoms with Crippen LogP contribution in [0.5, 0.6) is 0 Å². The molecule has 5 heteroatoms. The van der Waals surface area contributed by atoms with Gasteiger partial charge >= 0.3 is 0 Å². The third-order valence-corrected chi connectivity index (χ3v) is 4.55. The number of benzene rings is 2. The lowest BCUT2D eigenvalue weighted by atomic mass is 10.1. The molecule has 128 valence electrons. The van der Waals surface area contributed by atoms with Gasteiger partial charge in [0.2, 0.25) is 5.89 Å². The van der Waals surface area contributed by atoms with E-state index in [2.05, 4.69) is 20.9 Å². The molecule has 4 nitrogen and oxygen atoms in total. The maximum absolute atomic E-state index is 12.8. The van der Waals surface area contributed by atoms with Gasteiger partial charge in [-0.05, 0) is 38.1 Å². The Morgan fingerprint density at radius 2 is 1.88 bits per heavy atom. The molecule has 0 saturated heterocycles. The number of carbonyl (C=O) groups excluding carboxylic acids is 1. The van der Waals surface area contributed by atoms with Crippen LogP contribution in [0.3, 0.4) is 0 Å². The van der Waals surface area contributed by atoms with E-state index < -0.39 is 0 Å². The van der Waals surface area contributed by atoms with Crippen molar-refractivity contribution in [2.24, 2.45) is 0 Å². The lowest BCUT2D eigenvalue weighted by Gasteiger charge is -2.19. The molecule has 0 unspecified atom stereocenters. The average molecular weight is 399 g/mol. The number of halogens is 1. The van der Waals surface area contributed by atoms with Gasteiger partial charge in [-0.15, -0.1) is 0 Å². The van der Waals surface area contributed by atoms with Crippen LogP contribution in [0.2, 0.25) is 0 Å². The summed E-state index contributed by atoms with van der Waals surface area (Å²) >= 11 is 3.46. The summed E-state index contributed by atoms with van der Waals surface area (Å²) in [6.45, 7) is 5.28. The Morgan fingerprint density at radius 1 is 1.12 bits per heavy atom. The first kappa shape index (κ1) is 17.4. The van der Waals surface area contributed by atoms with Crippen molar-refractivity contribution >= 4 is 21.8 Å². The Morgan fingerprint density at radius 3 is 2.60 bits per heavy atom. The van der Waals surface area contributed by atoms with Crippen molar-refractivity contribution in [3.05, 3.63) is 64.8 Å². The molecule has 25 heavy (non-hydrogen) atoms. The normalized spacial score (nSPS) is 10.7. The number of oxazole rings is 1. The standard InChI is InChI=1S/C20H19BrN2O2/c1-3-23(4-2)20(24)17-11-6-5-10-16(17)19-22-13-18(25-19)14-8-7-9-15(21)12-14/h5-13H,3-4H2,1-2H3. The van der Waals surface area contributed by atoms with E-state index in [1.807, 2.05) is 62.4 Å². The number of amides is 1. The Labute approximate surface area is 155 Å². The van der Waals surface area contributed by atoms with Gasteiger partial charge in [-0.25, -0.2) is 4.98 Å². The van der Waals surface area contributed by atoms with Crippen LogP contribution in [0.15, 0.2) is 63.6 Å². The van der Waals surface area contributed by atoms with Gasteiger partial charge in [0.05, 0.1) is 11.8 Å². The Balaban J connectivity index is 2.00. The van der Waals surface area contributed by atoms with E-state index >= 15 is 0 Å². The first-order chi connectivity index (χ1) is 12.1. The summed E-state index contributed by atoms with van der Waals surface area (Å²) in [7, 11) is 0. The predicted octanol–water partition coefficient (Wildman–Crippen LogP) is 5.25. The molecule has 0 bridgehead atoms. The van der Waals surface area contributed by atoms with Crippen LogP contribution >= 0.6 is 15.9 Å². The van der Waals surface area contributed by atoms with Crippen molar-refractivity contribution < 1.29 is 9.21 Å². The number of rotatable bonds is 5. The monoisotopic (exact) mass is 398 g/mol. The highest BCUT2D eigenvalue weighted by Crippen LogP contribution is 2.29. The molecule has 1 heterocycles. The summed E-state index contributed by atoms with van der Waals surface area (Å²) in [6, 6.07) is 15.3. The molecule has 0 N–H and O–H groups in total. The second-order valence-electron chi connectivity index (χ2n) is 5.56. The van der Waals surface area contributed by atoms with Gasteiger partial charge < -0.3 is 9.32 Å². The van der Waals surface area contributed by atoms with Gasteiger partial charge in [0, 0.05) is 28.7 Å². The van der Waals surface area contributed by atoms with E-state index in [1.54, 1.807) is 11.1 Å². The van der Waals surface area contributed by atoms with E-state index in [4.69, 9.17) is 4.42 Å². The zero-order valence-corrected chi connectivity index (χ0v) is 15.8. The van der Waals surface area contributed by atoms with Gasteiger partial charge in [-0.3, -0.25) is 4.79 Å². The summed E-state index contributed by atoms with van der Waals surface area (Å²) < 4.78 is 6.92. The molecule has 0 atom stereocenters. The molecule has 0 fully saturated rings. The van der Waals surface area contributed by atoms with Gasteiger partial charge in [0.1, 0.15) is 0 Å². The lowest BCUT2D eigenvalue weighted by molar-refractivity contribution is 0.0773. The van der Waals surface area contributed by atoms with E-state index in [0.29, 0.717) is 35.9 Å². The maximum Gasteiger partial charge on any atom is 0.254 e. The number of hydrogen-bond donors (Lipinski definition) is 0. The quantitative estimate of drug-likeness (QED) is 0.589. The SMILES string of the molecule is CCN(CC)C(=O)c1ccccc1-c1ncc(-c2cccc(Br)c2)o1. The molecular formula is C20H19BrN2O2. The summed E-state index contributed by atoms with van der Waals surface area (Å²) in [4.78, 5) is 19.0. The third kappa shape index (κ3) is 3.66. The van der Waals surface area contributed by atoms with Crippen LogP contribution in [-0.4, -0.2) is 28.9 Å². The number of aromatic nitrogens is 1. The molecule has 3 rings (SSSR count). The zero-order valence-electron chi connectivity index (χ0n) is 14.2. The van der Waals surface area contributed by atoms with Gasteiger partial charge in [0.15, 0.2) is 5.76 Å². The number of carbonyl (C=O) groups is 1. The molecule has 0 saturated carbocycles. The molecule has 0 aliphatic carbocycles. The molecule has 0 spiro atoms. The van der Waals surface area contributed by atoms with Crippen LogP contribution in [0.25, 0.3) is 22.8 Å². The zero-order chi connectivity index (χ0) is 17.8. The topological polar surface area (TPSA) is 46.3 Å². The first-order valence-electron chi connectivity index (χ1n) is 8.24. The Hall–Kier alpha value is -2.40. The lowest BCUT2D eigenvalue weighted by Crippen LogP contribution is -2.30. The highest BCUT2D eigenvalue weighted by molar-refractivity contribution is 9.10. The van der Waals surface area contributed by atoms with Crippen LogP contribution in [-0.2, 0) is 0 Å². The van der Waals surface area contributed by atoms with Crippen molar-refractivity contribution in [2.45, 2.75) is 13.8 Å². The van der Waals surface area contributed by atoms with Crippen molar-refractivity contribution in [3.8, 4) is 22.8 Å². The van der Waals surface area contributed by atoms with Gasteiger partial charge in [-0.1, -0.05) is 40.2 Å². The summed E-state index contributed by atoms with van der Waals surface area (Å²) in [6.07, 6.45) is 1.69. The first-order valence-corrected chi connectivity index (χ1v) is 9.03. The predicted molar refractivity (Wildman–Crippen MR) is 102 cm³/mol. The second kappa shape index (κ2) is 7.66. The molecule has 2 aromatic carbocycles. The van der Waals surface area contributed by atoms with E-state index in [9.17, 15) is 4.79 Å². The van der Waals surface area contributed by atoms with Crippen LogP contribution in [0.1, 0.15) is 24.2 Å². The number of hydrogen-bond acceptors (Lipinski definition) is 3. The Kier molecular flexibility index (Phi) is 5.34. The van der Waals surface area contributed by atoms with Crippen molar-refractivity contribution in [1.29, 1.82) is 0 Å². The minimum atomic E-state index is -0.0113. The van der Waals surface area contributed by atoms with E-state index in [1.165, 1.54) is 0 Å². The fourth-order valence-electron chi connectivity index (χ4n) is 2.71. The smallest absolute Gasteiger partial charge is 0.254 e. The van der Waals surface area contributed by atoms with E-state index in [0.717, 1.165) is 10.0 Å². The highest BCUT2D eigenvalue weighted by Gasteiger charge is 2.20. The summed E-state index contributed by atoms with van der Waals surface area (Å²) in [5, 5.41) is 0. The van der Waals surface area contributed by atoms with Gasteiger partial charge in [-0.2, -0.15) is 0 Å². The average Bonchev–Trinajstić information content (AvgIpc) is 3.12. The molecule has 0 aliphatic rings. The van der Waals surface area contributed by atoms with E-state index in [-0.39, 0.29) is 5.91 Å². The third-order valence-electron chi connectivity index (χ3n) is 4.05. The molecule has 0 aliphatic heterocycles. The highest BCUT2D eigenvalue weighted by atomic mass is 79.9. The van der Waals surface area contributed by atoms with Crippen LogP contribution < -0.4 is 0 Å². The molecule has 1 aromatic heterocycles. The minimum absolute atomic E-state index is 0.0113. The molecular weight excluding hydrogens is 380 g/mol. The second-order valence-corrected chi connectivity index (χ2v) is 6.48. The van der Waals surface area contributed by atoms with Crippen molar-refractivity contribution in [1.82, 2.24) is 9.88 Å². The van der Waals surface area contributed by atoms with Crippen molar-refractivity contribution in [3.63, 3.8) is 0 Å². The largest absolute Gasteiger partial charge is 0.436 e. The van der Waals surface area contributed by atoms with Crippen LogP contribution in [0, 0.1) is 0 Å². The fraction of sp³-hybridized carbons (Fsp3) is 0.200. The minimum Gasteiger partial charge on any atom is -0.436 e. The molecule has 1 amide bonds. The molecule has 0 radical (unpaired) electrons. The Bertz CT molecular complexity index is 885. The summed E-state index contributed by atoms with van der Waals surface area (Å²) in [5.74, 6) is 1.11. The van der Waals surface area contributed by atoms with Crippen LogP contribution in [0.4, 0.5) is 0 Å².